The average Bonchev–Trinajstić information content (AvgIpc) is 2.96. The normalized spacial score (nSPS) is 20.3. The minimum Gasteiger partial charge on any atom is -0.352 e. The predicted octanol–water partition coefficient (Wildman–Crippen LogP) is 1.68. The quantitative estimate of drug-likeness (QED) is 0.897. The van der Waals surface area contributed by atoms with Gasteiger partial charge in [0.15, 0.2) is 5.65 Å². The molecule has 3 rings (SSSR count). The molecule has 0 amide bonds. The smallest absolute Gasteiger partial charge is 0.160 e. The van der Waals surface area contributed by atoms with Crippen LogP contribution in [0.25, 0.3) is 11.0 Å². The largest absolute Gasteiger partial charge is 0.352 e. The molecule has 2 aromatic heterocycles. The van der Waals surface area contributed by atoms with Crippen LogP contribution in [-0.4, -0.2) is 44.8 Å². The SMILES string of the molecule is CSCC1CCCN1c1ncnc2[nH]ncc12. The van der Waals surface area contributed by atoms with Crippen molar-refractivity contribution in [1.29, 1.82) is 0 Å². The number of thioether (sulfide) groups is 1. The van der Waals surface area contributed by atoms with Crippen molar-refractivity contribution in [2.45, 2.75) is 18.9 Å². The Bertz CT molecular complexity index is 511. The van der Waals surface area contributed by atoms with Gasteiger partial charge in [-0.2, -0.15) is 16.9 Å². The minimum atomic E-state index is 0.595. The molecule has 1 atom stereocenters. The summed E-state index contributed by atoms with van der Waals surface area (Å²) in [6, 6.07) is 0.595. The number of H-pyrrole nitrogens is 1. The lowest BCUT2D eigenvalue weighted by atomic mass is 10.2. The summed E-state index contributed by atoms with van der Waals surface area (Å²) in [5, 5.41) is 7.97. The van der Waals surface area contributed by atoms with Crippen LogP contribution in [-0.2, 0) is 0 Å². The summed E-state index contributed by atoms with van der Waals surface area (Å²) in [4.78, 5) is 11.0. The van der Waals surface area contributed by atoms with E-state index in [4.69, 9.17) is 0 Å². The first-order valence-corrected chi connectivity index (χ1v) is 7.19. The zero-order valence-corrected chi connectivity index (χ0v) is 10.6. The Hall–Kier alpha value is -1.30. The van der Waals surface area contributed by atoms with Crippen LogP contribution in [0.2, 0.25) is 0 Å². The van der Waals surface area contributed by atoms with E-state index in [0.29, 0.717) is 6.04 Å². The van der Waals surface area contributed by atoms with E-state index in [0.717, 1.165) is 29.1 Å². The van der Waals surface area contributed by atoms with Crippen molar-refractivity contribution in [3.8, 4) is 0 Å². The third-order valence-electron chi connectivity index (χ3n) is 3.24. The number of nitrogens with zero attached hydrogens (tertiary/aromatic N) is 4. The number of fused-ring (bicyclic) bond motifs is 1. The predicted molar refractivity (Wildman–Crippen MR) is 70.4 cm³/mol. The molecule has 1 fully saturated rings. The van der Waals surface area contributed by atoms with Crippen molar-refractivity contribution in [3.05, 3.63) is 12.5 Å². The first-order valence-electron chi connectivity index (χ1n) is 5.80. The van der Waals surface area contributed by atoms with Gasteiger partial charge in [0.1, 0.15) is 12.1 Å². The molecule has 6 heteroatoms. The van der Waals surface area contributed by atoms with Crippen LogP contribution >= 0.6 is 11.8 Å². The highest BCUT2D eigenvalue weighted by molar-refractivity contribution is 7.98. The number of hydrogen-bond donors (Lipinski definition) is 1. The Balaban J connectivity index is 1.99. The van der Waals surface area contributed by atoms with E-state index in [1.54, 1.807) is 6.33 Å². The van der Waals surface area contributed by atoms with Crippen LogP contribution in [0.5, 0.6) is 0 Å². The highest BCUT2D eigenvalue weighted by atomic mass is 32.2. The third kappa shape index (κ3) is 1.86. The van der Waals surface area contributed by atoms with Gasteiger partial charge >= 0.3 is 0 Å². The van der Waals surface area contributed by atoms with Gasteiger partial charge in [0.05, 0.1) is 11.6 Å². The third-order valence-corrected chi connectivity index (χ3v) is 3.95. The molecule has 0 spiro atoms. The summed E-state index contributed by atoms with van der Waals surface area (Å²) >= 11 is 1.90. The van der Waals surface area contributed by atoms with Crippen LogP contribution in [0, 0.1) is 0 Å². The number of anilines is 1. The highest BCUT2D eigenvalue weighted by Crippen LogP contribution is 2.29. The van der Waals surface area contributed by atoms with Gasteiger partial charge in [0.25, 0.3) is 0 Å². The zero-order chi connectivity index (χ0) is 11.7. The van der Waals surface area contributed by atoms with Crippen molar-refractivity contribution >= 4 is 28.6 Å². The molecule has 90 valence electrons. The van der Waals surface area contributed by atoms with Gasteiger partial charge in [-0.15, -0.1) is 0 Å². The molecule has 0 radical (unpaired) electrons. The van der Waals surface area contributed by atoms with Crippen LogP contribution in [0.15, 0.2) is 12.5 Å². The first-order chi connectivity index (χ1) is 8.40. The lowest BCUT2D eigenvalue weighted by Crippen LogP contribution is -2.31. The van der Waals surface area contributed by atoms with Crippen molar-refractivity contribution in [1.82, 2.24) is 20.2 Å². The zero-order valence-electron chi connectivity index (χ0n) is 9.76. The number of aromatic amines is 1. The van der Waals surface area contributed by atoms with E-state index in [2.05, 4.69) is 31.3 Å². The Kier molecular flexibility index (Phi) is 2.88. The van der Waals surface area contributed by atoms with Gasteiger partial charge in [-0.1, -0.05) is 0 Å². The maximum atomic E-state index is 4.44. The Morgan fingerprint density at radius 3 is 3.35 bits per heavy atom. The van der Waals surface area contributed by atoms with E-state index in [1.165, 1.54) is 12.8 Å². The maximum Gasteiger partial charge on any atom is 0.160 e. The molecule has 1 saturated heterocycles. The minimum absolute atomic E-state index is 0.595. The Morgan fingerprint density at radius 1 is 1.53 bits per heavy atom. The van der Waals surface area contributed by atoms with Crippen molar-refractivity contribution in [3.63, 3.8) is 0 Å². The number of aromatic nitrogens is 4. The second-order valence-electron chi connectivity index (χ2n) is 4.27. The summed E-state index contributed by atoms with van der Waals surface area (Å²) in [5.41, 5.74) is 0.824. The van der Waals surface area contributed by atoms with Crippen LogP contribution in [0.3, 0.4) is 0 Å². The summed E-state index contributed by atoms with van der Waals surface area (Å²) in [6.45, 7) is 1.09. The molecule has 0 aromatic carbocycles. The number of nitrogens with one attached hydrogen (secondary N) is 1. The summed E-state index contributed by atoms with van der Waals surface area (Å²) in [5.74, 6) is 2.18. The lowest BCUT2D eigenvalue weighted by Gasteiger charge is -2.25. The van der Waals surface area contributed by atoms with Crippen LogP contribution < -0.4 is 4.90 Å². The second kappa shape index (κ2) is 4.52. The van der Waals surface area contributed by atoms with Gasteiger partial charge in [-0.25, -0.2) is 9.97 Å². The van der Waals surface area contributed by atoms with E-state index in [-0.39, 0.29) is 0 Å². The summed E-state index contributed by atoms with van der Waals surface area (Å²) in [6.07, 6.45) is 8.09. The average molecular weight is 249 g/mol. The maximum absolute atomic E-state index is 4.44. The topological polar surface area (TPSA) is 57.7 Å². The summed E-state index contributed by atoms with van der Waals surface area (Å²) < 4.78 is 0. The molecule has 1 unspecified atom stereocenters. The number of hydrogen-bond acceptors (Lipinski definition) is 5. The first kappa shape index (κ1) is 10.8. The standard InChI is InChI=1S/C11H15N5S/c1-17-6-8-3-2-4-16(8)11-9-5-14-15-10(9)12-7-13-11/h5,7-8H,2-4,6H2,1H3,(H,12,13,14,15). The molecule has 0 bridgehead atoms. The molecular weight excluding hydrogens is 234 g/mol. The lowest BCUT2D eigenvalue weighted by molar-refractivity contribution is 0.739. The fourth-order valence-electron chi connectivity index (χ4n) is 2.46. The Morgan fingerprint density at radius 2 is 2.47 bits per heavy atom. The van der Waals surface area contributed by atoms with E-state index < -0.39 is 0 Å². The van der Waals surface area contributed by atoms with Crippen LogP contribution in [0.1, 0.15) is 12.8 Å². The molecular formula is C11H15N5S. The molecule has 1 aliphatic rings. The molecule has 1 aliphatic heterocycles. The van der Waals surface area contributed by atoms with E-state index in [1.807, 2.05) is 18.0 Å². The molecule has 17 heavy (non-hydrogen) atoms. The molecule has 2 aromatic rings. The number of rotatable bonds is 3. The van der Waals surface area contributed by atoms with Crippen molar-refractivity contribution < 1.29 is 0 Å². The van der Waals surface area contributed by atoms with Crippen LogP contribution in [0.4, 0.5) is 5.82 Å². The molecule has 3 heterocycles. The molecule has 1 N–H and O–H groups in total. The monoisotopic (exact) mass is 249 g/mol. The summed E-state index contributed by atoms with van der Waals surface area (Å²) in [7, 11) is 0. The fourth-order valence-corrected chi connectivity index (χ4v) is 3.19. The van der Waals surface area contributed by atoms with Gasteiger partial charge in [0, 0.05) is 18.3 Å². The van der Waals surface area contributed by atoms with Crippen molar-refractivity contribution in [2.75, 3.05) is 23.5 Å². The van der Waals surface area contributed by atoms with Gasteiger partial charge in [-0.3, -0.25) is 5.10 Å². The van der Waals surface area contributed by atoms with E-state index in [9.17, 15) is 0 Å². The van der Waals surface area contributed by atoms with Gasteiger partial charge in [-0.05, 0) is 19.1 Å². The van der Waals surface area contributed by atoms with Gasteiger partial charge in [0.2, 0.25) is 0 Å². The van der Waals surface area contributed by atoms with Crippen molar-refractivity contribution in [2.24, 2.45) is 0 Å². The van der Waals surface area contributed by atoms with E-state index >= 15 is 0 Å². The molecule has 0 aliphatic carbocycles. The van der Waals surface area contributed by atoms with Gasteiger partial charge < -0.3 is 4.90 Å². The highest BCUT2D eigenvalue weighted by Gasteiger charge is 2.26. The second-order valence-corrected chi connectivity index (χ2v) is 5.19. The Labute approximate surface area is 104 Å². The molecule has 5 nitrogen and oxygen atoms in total. The fraction of sp³-hybridized carbons (Fsp3) is 0.545. The molecule has 0 saturated carbocycles.